The van der Waals surface area contributed by atoms with Gasteiger partial charge in [-0.1, -0.05) is 199 Å². The van der Waals surface area contributed by atoms with E-state index >= 15 is 0 Å². The normalized spacial score (nSPS) is 21.1. The molecule has 1 amide bonds. The maximum absolute atomic E-state index is 12.8. The first-order chi connectivity index (χ1) is 27.8. The van der Waals surface area contributed by atoms with Gasteiger partial charge < -0.3 is 40.3 Å². The predicted octanol–water partition coefficient (Wildman–Crippen LogP) is 10.3. The fourth-order valence-corrected chi connectivity index (χ4v) is 7.63. The van der Waals surface area contributed by atoms with Crippen LogP contribution in [0.2, 0.25) is 0 Å². The number of nitrogens with one attached hydrogen (secondary N) is 1. The smallest absolute Gasteiger partial charge is 0.220 e. The molecule has 1 aliphatic heterocycles. The van der Waals surface area contributed by atoms with Crippen LogP contribution in [-0.2, 0) is 14.3 Å². The highest BCUT2D eigenvalue weighted by Crippen LogP contribution is 2.23. The minimum Gasteiger partial charge on any atom is -0.394 e. The first-order valence-electron chi connectivity index (χ1n) is 24.1. The molecule has 0 radical (unpaired) electrons. The molecule has 1 heterocycles. The van der Waals surface area contributed by atoms with Crippen LogP contribution in [0.25, 0.3) is 0 Å². The summed E-state index contributed by atoms with van der Waals surface area (Å²) in [5, 5.41) is 54.1. The fraction of sp³-hybridized carbons (Fsp3) is 0.896. The third-order valence-electron chi connectivity index (χ3n) is 11.5. The van der Waals surface area contributed by atoms with E-state index < -0.39 is 49.5 Å². The Labute approximate surface area is 349 Å². The lowest BCUT2D eigenvalue weighted by atomic mass is 9.99. The van der Waals surface area contributed by atoms with Gasteiger partial charge in [-0.15, -0.1) is 0 Å². The summed E-state index contributed by atoms with van der Waals surface area (Å²) >= 11 is 0. The molecule has 0 aromatic carbocycles. The third kappa shape index (κ3) is 29.5. The molecule has 0 saturated carbocycles. The number of rotatable bonds is 40. The summed E-state index contributed by atoms with van der Waals surface area (Å²) in [4.78, 5) is 12.8. The number of hydrogen-bond acceptors (Lipinski definition) is 8. The molecule has 1 saturated heterocycles. The van der Waals surface area contributed by atoms with Crippen LogP contribution in [-0.4, -0.2) is 87.5 Å². The summed E-state index contributed by atoms with van der Waals surface area (Å²) in [6.07, 6.45) is 39.7. The van der Waals surface area contributed by atoms with Crippen molar-refractivity contribution in [1.29, 1.82) is 0 Å². The van der Waals surface area contributed by atoms with Gasteiger partial charge in [-0.3, -0.25) is 4.79 Å². The zero-order chi connectivity index (χ0) is 41.6. The van der Waals surface area contributed by atoms with E-state index in [2.05, 4.69) is 31.3 Å². The largest absolute Gasteiger partial charge is 0.394 e. The fourth-order valence-electron chi connectivity index (χ4n) is 7.63. The van der Waals surface area contributed by atoms with Gasteiger partial charge in [0.1, 0.15) is 24.4 Å². The maximum Gasteiger partial charge on any atom is 0.220 e. The first kappa shape index (κ1) is 53.7. The quantitative estimate of drug-likeness (QED) is 0.0265. The Kier molecular flexibility index (Phi) is 36.6. The molecule has 9 nitrogen and oxygen atoms in total. The highest BCUT2D eigenvalue weighted by molar-refractivity contribution is 5.76. The van der Waals surface area contributed by atoms with E-state index in [1.54, 1.807) is 6.08 Å². The van der Waals surface area contributed by atoms with Crippen molar-refractivity contribution in [1.82, 2.24) is 5.32 Å². The maximum atomic E-state index is 12.8. The van der Waals surface area contributed by atoms with Gasteiger partial charge in [0.15, 0.2) is 6.29 Å². The van der Waals surface area contributed by atoms with E-state index in [4.69, 9.17) is 9.47 Å². The Balaban J connectivity index is 2.23. The third-order valence-corrected chi connectivity index (χ3v) is 11.5. The van der Waals surface area contributed by atoms with Crippen LogP contribution >= 0.6 is 0 Å². The zero-order valence-electron chi connectivity index (χ0n) is 36.9. The van der Waals surface area contributed by atoms with Gasteiger partial charge in [0.05, 0.1) is 25.4 Å². The van der Waals surface area contributed by atoms with E-state index in [0.717, 1.165) is 32.1 Å². The molecule has 1 rings (SSSR count). The van der Waals surface area contributed by atoms with Crippen molar-refractivity contribution in [3.05, 3.63) is 24.3 Å². The Morgan fingerprint density at radius 2 is 0.982 bits per heavy atom. The number of ether oxygens (including phenoxy) is 2. The van der Waals surface area contributed by atoms with Crippen LogP contribution in [0.4, 0.5) is 0 Å². The minimum absolute atomic E-state index is 0.197. The Bertz CT molecular complexity index is 945. The zero-order valence-corrected chi connectivity index (χ0v) is 36.9. The molecule has 0 aliphatic carbocycles. The molecule has 1 fully saturated rings. The van der Waals surface area contributed by atoms with E-state index in [1.165, 1.54) is 161 Å². The highest BCUT2D eigenvalue weighted by Gasteiger charge is 2.44. The summed E-state index contributed by atoms with van der Waals surface area (Å²) < 4.78 is 11.2. The molecule has 9 heteroatoms. The number of unbranched alkanes of at least 4 members (excludes halogenated alkanes) is 28. The topological polar surface area (TPSA) is 149 Å². The van der Waals surface area contributed by atoms with Gasteiger partial charge in [0, 0.05) is 6.42 Å². The number of carbonyl (C=O) groups is 1. The van der Waals surface area contributed by atoms with Crippen molar-refractivity contribution in [2.75, 3.05) is 13.2 Å². The Morgan fingerprint density at radius 1 is 0.579 bits per heavy atom. The molecule has 0 spiro atoms. The van der Waals surface area contributed by atoms with Gasteiger partial charge in [0.2, 0.25) is 5.91 Å². The first-order valence-corrected chi connectivity index (χ1v) is 24.1. The summed E-state index contributed by atoms with van der Waals surface area (Å²) in [7, 11) is 0. The van der Waals surface area contributed by atoms with Crippen LogP contribution in [0, 0.1) is 0 Å². The van der Waals surface area contributed by atoms with Crippen LogP contribution in [0.5, 0.6) is 0 Å². The van der Waals surface area contributed by atoms with Crippen molar-refractivity contribution in [2.24, 2.45) is 0 Å². The molecule has 0 bridgehead atoms. The van der Waals surface area contributed by atoms with Crippen molar-refractivity contribution in [2.45, 2.75) is 262 Å². The van der Waals surface area contributed by atoms with E-state index in [9.17, 15) is 30.3 Å². The molecule has 57 heavy (non-hydrogen) atoms. The second-order valence-corrected chi connectivity index (χ2v) is 16.9. The summed E-state index contributed by atoms with van der Waals surface area (Å²) in [5.41, 5.74) is 0. The number of amides is 1. The van der Waals surface area contributed by atoms with Crippen LogP contribution < -0.4 is 5.32 Å². The highest BCUT2D eigenvalue weighted by atomic mass is 16.7. The Hall–Kier alpha value is -1.33. The second kappa shape index (κ2) is 38.8. The van der Waals surface area contributed by atoms with Gasteiger partial charge >= 0.3 is 0 Å². The number of aliphatic hydroxyl groups excluding tert-OH is 5. The van der Waals surface area contributed by atoms with Gasteiger partial charge in [-0.25, -0.2) is 0 Å². The standard InChI is InChI=1S/C48H91NO8/c1-3-5-7-9-11-13-14-15-16-17-18-19-20-21-22-23-24-25-26-27-28-30-31-33-35-37-42(51)41(40-56-48-47(55)46(54)45(53)43(39-50)57-48)49-44(52)38-36-34-32-29-12-10-8-6-4-2/h29,32,35,37,41-43,45-48,50-51,53-55H,3-28,30-31,33-34,36,38-40H2,1-2H3,(H,49,52)/b32-29-,37-35+. The molecule has 7 atom stereocenters. The second-order valence-electron chi connectivity index (χ2n) is 16.9. The molecule has 336 valence electrons. The molecule has 6 N–H and O–H groups in total. The van der Waals surface area contributed by atoms with E-state index in [1.807, 2.05) is 6.08 Å². The molecule has 1 aliphatic rings. The summed E-state index contributed by atoms with van der Waals surface area (Å²) in [6.45, 7) is 3.72. The van der Waals surface area contributed by atoms with Crippen molar-refractivity contribution < 1.29 is 39.8 Å². The number of hydrogen-bond donors (Lipinski definition) is 6. The van der Waals surface area contributed by atoms with Gasteiger partial charge in [-0.2, -0.15) is 0 Å². The van der Waals surface area contributed by atoms with Crippen LogP contribution in [0.3, 0.4) is 0 Å². The average Bonchev–Trinajstić information content (AvgIpc) is 3.21. The van der Waals surface area contributed by atoms with Crippen molar-refractivity contribution in [3.63, 3.8) is 0 Å². The number of allylic oxidation sites excluding steroid dienone is 3. The minimum atomic E-state index is -1.57. The molecule has 0 aromatic heterocycles. The molecule has 7 unspecified atom stereocenters. The number of aliphatic hydroxyl groups is 5. The number of carbonyl (C=O) groups excluding carboxylic acids is 1. The van der Waals surface area contributed by atoms with E-state index in [0.29, 0.717) is 12.8 Å². The molecular weight excluding hydrogens is 719 g/mol. The van der Waals surface area contributed by atoms with E-state index in [-0.39, 0.29) is 12.5 Å². The summed E-state index contributed by atoms with van der Waals surface area (Å²) in [5.74, 6) is -0.212. The van der Waals surface area contributed by atoms with Crippen molar-refractivity contribution >= 4 is 5.91 Å². The van der Waals surface area contributed by atoms with Crippen molar-refractivity contribution in [3.8, 4) is 0 Å². The average molecular weight is 810 g/mol. The van der Waals surface area contributed by atoms with Gasteiger partial charge in [0.25, 0.3) is 0 Å². The monoisotopic (exact) mass is 810 g/mol. The van der Waals surface area contributed by atoms with Crippen LogP contribution in [0.15, 0.2) is 24.3 Å². The lowest BCUT2D eigenvalue weighted by Crippen LogP contribution is -2.60. The lowest BCUT2D eigenvalue weighted by molar-refractivity contribution is -0.302. The Morgan fingerprint density at radius 3 is 1.44 bits per heavy atom. The lowest BCUT2D eigenvalue weighted by Gasteiger charge is -2.40. The summed E-state index contributed by atoms with van der Waals surface area (Å²) in [6, 6.07) is -0.815. The SMILES string of the molecule is CCCCCC/C=C\CCCC(=O)NC(COC1OC(CO)C(O)C(O)C1O)C(O)/C=C/CCCCCCCCCCCCCCCCCCCCCCCCC. The molecular formula is C48H91NO8. The van der Waals surface area contributed by atoms with Gasteiger partial charge in [-0.05, 0) is 38.5 Å². The molecule has 0 aromatic rings. The predicted molar refractivity (Wildman–Crippen MR) is 235 cm³/mol. The van der Waals surface area contributed by atoms with Crippen LogP contribution in [0.1, 0.15) is 219 Å².